The first kappa shape index (κ1) is 47.5. The summed E-state index contributed by atoms with van der Waals surface area (Å²) in [5, 5.41) is 6.96. The first-order chi connectivity index (χ1) is 30.5. The fourth-order valence-corrected chi connectivity index (χ4v) is 10.1. The van der Waals surface area contributed by atoms with Crippen molar-refractivity contribution in [3.63, 3.8) is 0 Å². The van der Waals surface area contributed by atoms with Crippen molar-refractivity contribution in [2.45, 2.75) is 141 Å². The van der Waals surface area contributed by atoms with E-state index in [-0.39, 0.29) is 47.3 Å². The van der Waals surface area contributed by atoms with E-state index in [9.17, 15) is 22.8 Å². The molecule has 3 N–H and O–H groups in total. The van der Waals surface area contributed by atoms with Crippen molar-refractivity contribution in [3.8, 4) is 28.6 Å². The molecule has 4 aliphatic rings. The lowest BCUT2D eigenvalue weighted by molar-refractivity contribution is -0.142. The number of alkyl carbamates (subject to hydrolysis) is 1. The predicted octanol–water partition coefficient (Wildman–Crippen LogP) is 7.70. The number of rotatable bonds is 10. The normalized spacial score (nSPS) is 27.3. The number of ether oxygens (including phenoxy) is 4. The summed E-state index contributed by atoms with van der Waals surface area (Å²) in [6.45, 7) is 14.1. The molecule has 15 nitrogen and oxygen atoms in total. The lowest BCUT2D eigenvalue weighted by Gasteiger charge is -2.33. The van der Waals surface area contributed by atoms with Gasteiger partial charge in [-0.3, -0.25) is 19.1 Å². The Hall–Kier alpha value is -5.45. The number of fused-ring (bicyclic) bond motifs is 3. The summed E-state index contributed by atoms with van der Waals surface area (Å²) in [7, 11) is -2.51. The molecule has 358 valence electrons. The molecule has 17 heteroatoms. The van der Waals surface area contributed by atoms with Crippen molar-refractivity contribution in [1.82, 2.24) is 25.2 Å². The average Bonchev–Trinajstić information content (AvgIpc) is 4.10. The van der Waals surface area contributed by atoms with Gasteiger partial charge in [-0.05, 0) is 140 Å². The van der Waals surface area contributed by atoms with E-state index in [1.54, 1.807) is 71.9 Å². The Bertz CT molecular complexity index is 2500. The Balaban J connectivity index is 0.00000336. The fourth-order valence-electron chi connectivity index (χ4n) is 8.77. The maximum absolute atomic E-state index is 15.4. The maximum Gasteiger partial charge on any atom is 0.408 e. The van der Waals surface area contributed by atoms with E-state index in [2.05, 4.69) is 22.3 Å². The summed E-state index contributed by atoms with van der Waals surface area (Å²) in [5.41, 5.74) is -1.65. The van der Waals surface area contributed by atoms with E-state index in [1.165, 1.54) is 24.1 Å². The van der Waals surface area contributed by atoms with Gasteiger partial charge >= 0.3 is 6.09 Å². The first-order valence-corrected chi connectivity index (χ1v) is 24.0. The molecular weight excluding hydrogens is 858 g/mol. The molecule has 3 heterocycles. The van der Waals surface area contributed by atoms with Crippen LogP contribution in [0.1, 0.15) is 105 Å². The molecule has 2 aromatic carbocycles. The molecule has 7 atom stereocenters. The Morgan fingerprint density at radius 3 is 2.46 bits per heavy atom. The molecule has 3 fully saturated rings. The summed E-state index contributed by atoms with van der Waals surface area (Å²) in [4.78, 5) is 63.5. The van der Waals surface area contributed by atoms with Gasteiger partial charge in [0.1, 0.15) is 35.1 Å². The highest BCUT2D eigenvalue weighted by Gasteiger charge is 2.63. The Morgan fingerprint density at radius 2 is 1.80 bits per heavy atom. The zero-order valence-corrected chi connectivity index (χ0v) is 39.5. The third-order valence-corrected chi connectivity index (χ3v) is 15.0. The molecule has 1 aromatic heterocycles. The molecule has 2 aliphatic heterocycles. The Labute approximate surface area is 385 Å². The van der Waals surface area contributed by atoms with Crippen LogP contribution in [0.5, 0.6) is 17.4 Å². The van der Waals surface area contributed by atoms with E-state index < -0.39 is 85.6 Å². The van der Waals surface area contributed by atoms with Crippen LogP contribution in [0.2, 0.25) is 0 Å². The highest BCUT2D eigenvalue weighted by molar-refractivity contribution is 7.91. The van der Waals surface area contributed by atoms with Crippen molar-refractivity contribution in [3.05, 3.63) is 60.4 Å². The second kappa shape index (κ2) is 18.1. The van der Waals surface area contributed by atoms with Crippen LogP contribution in [0.4, 0.5) is 9.18 Å². The van der Waals surface area contributed by atoms with Gasteiger partial charge in [0, 0.05) is 27.6 Å². The van der Waals surface area contributed by atoms with Gasteiger partial charge < -0.3 is 34.5 Å². The topological polar surface area (TPSA) is 192 Å². The Kier molecular flexibility index (Phi) is 13.2. The lowest BCUT2D eigenvalue weighted by atomic mass is 9.88. The number of benzene rings is 2. The number of halogens is 1. The van der Waals surface area contributed by atoms with E-state index in [0.29, 0.717) is 53.5 Å². The van der Waals surface area contributed by atoms with E-state index in [1.807, 2.05) is 19.1 Å². The second-order valence-corrected chi connectivity index (χ2v) is 22.0. The zero-order chi connectivity index (χ0) is 47.2. The lowest BCUT2D eigenvalue weighted by Crippen LogP contribution is -2.59. The van der Waals surface area contributed by atoms with Gasteiger partial charge in [0.25, 0.3) is 5.91 Å². The molecule has 0 spiro atoms. The van der Waals surface area contributed by atoms with Gasteiger partial charge in [-0.15, -0.1) is 0 Å². The predicted molar refractivity (Wildman–Crippen MR) is 248 cm³/mol. The molecule has 7 rings (SSSR count). The summed E-state index contributed by atoms with van der Waals surface area (Å²) in [5.74, 6) is -2.66. The van der Waals surface area contributed by atoms with Crippen LogP contribution in [-0.4, -0.2) is 95.9 Å². The van der Waals surface area contributed by atoms with Gasteiger partial charge in [-0.25, -0.2) is 22.6 Å². The van der Waals surface area contributed by atoms with Crippen LogP contribution in [0.3, 0.4) is 0 Å². The van der Waals surface area contributed by atoms with Crippen LogP contribution in [0.15, 0.2) is 54.6 Å². The summed E-state index contributed by atoms with van der Waals surface area (Å²) in [6.07, 6.45) is 4.73. The van der Waals surface area contributed by atoms with Gasteiger partial charge in [0.2, 0.25) is 27.7 Å². The zero-order valence-electron chi connectivity index (χ0n) is 38.7. The number of hydrogen-bond donors (Lipinski definition) is 3. The summed E-state index contributed by atoms with van der Waals surface area (Å²) >= 11 is 0. The van der Waals surface area contributed by atoms with Crippen molar-refractivity contribution in [2.75, 3.05) is 13.7 Å². The van der Waals surface area contributed by atoms with Crippen molar-refractivity contribution >= 4 is 44.6 Å². The minimum Gasteiger partial charge on any atom is -0.497 e. The van der Waals surface area contributed by atoms with Crippen LogP contribution in [0.25, 0.3) is 22.0 Å². The molecule has 4 amide bonds. The molecule has 0 unspecified atom stereocenters. The van der Waals surface area contributed by atoms with Crippen LogP contribution < -0.4 is 29.6 Å². The number of aromatic nitrogens is 1. The van der Waals surface area contributed by atoms with E-state index in [4.69, 9.17) is 23.9 Å². The molecule has 0 bridgehead atoms. The maximum atomic E-state index is 15.4. The van der Waals surface area contributed by atoms with Crippen LogP contribution in [-0.2, 0) is 29.1 Å². The molecule has 2 aliphatic carbocycles. The summed E-state index contributed by atoms with van der Waals surface area (Å²) in [6, 6.07) is 9.29. The highest BCUT2D eigenvalue weighted by atomic mass is 32.2. The minimum absolute atomic E-state index is 0. The third kappa shape index (κ3) is 10.5. The van der Waals surface area contributed by atoms with Gasteiger partial charge in [0.15, 0.2) is 11.6 Å². The number of carbonyl (C=O) groups is 4. The SMILES string of the molecule is COc1ccc2c(O[C@@H]3C[C@H]4C(=O)N[C@]5(C(=O)NS(=O)(=O)C6(C)CC6)C[C@H]5/C=C\CC[C@H](C)C[C@@H](C)[C@H](NC(=O)OC(C)(C)C)C(=O)N4C3)nc(-c3ccc(OC(C)C)c(F)c3)cc2c1.[HH].[HH].[HH]. The van der Waals surface area contributed by atoms with Crippen molar-refractivity contribution in [1.29, 1.82) is 0 Å². The van der Waals surface area contributed by atoms with Crippen molar-refractivity contribution in [2.24, 2.45) is 17.8 Å². The average molecular weight is 926 g/mol. The highest BCUT2D eigenvalue weighted by Crippen LogP contribution is 2.48. The number of sulfonamides is 1. The standard InChI is InChI=1S/C48H62FN5O10S.3H2/c1-27(2)62-39-17-14-30(22-36(39)49)37-23-31-21-33(61-9)15-16-35(31)42(50-37)63-34-24-38-41(55)52-48(44(57)53-65(59,60)47(8)18-19-47)25-32(48)13-11-10-12-28(3)20-29(4)40(43(56)54(38)26-34)51-45(58)64-46(5,6)7;;;/h11,13-17,21-23,27-29,32,34,38,40H,10,12,18-20,24-26H2,1-9H3,(H,51,58)(H,52,55)(H,53,57);3*1H/b13-11-;;;/t28-,29+,32+,34+,38-,40-,48+;;;/m0.../s1. The largest absolute Gasteiger partial charge is 0.497 e. The second-order valence-electron chi connectivity index (χ2n) is 19.8. The smallest absolute Gasteiger partial charge is 0.408 e. The molecule has 2 saturated carbocycles. The van der Waals surface area contributed by atoms with Crippen molar-refractivity contribution < 1.29 is 55.2 Å². The number of pyridine rings is 1. The molecule has 65 heavy (non-hydrogen) atoms. The first-order valence-electron chi connectivity index (χ1n) is 22.5. The Morgan fingerprint density at radius 1 is 1.06 bits per heavy atom. The number of nitrogens with zero attached hydrogens (tertiary/aromatic N) is 2. The van der Waals surface area contributed by atoms with Crippen LogP contribution >= 0.6 is 0 Å². The van der Waals surface area contributed by atoms with E-state index in [0.717, 1.165) is 6.42 Å². The molecule has 3 aromatic rings. The van der Waals surface area contributed by atoms with E-state index >= 15 is 9.18 Å². The third-order valence-electron chi connectivity index (χ3n) is 12.8. The fraction of sp³-hybridized carbons (Fsp3) is 0.562. The molecule has 0 radical (unpaired) electrons. The molecule has 1 saturated heterocycles. The number of nitrogens with one attached hydrogen (secondary N) is 3. The van der Waals surface area contributed by atoms with Gasteiger partial charge in [-0.1, -0.05) is 26.0 Å². The van der Waals surface area contributed by atoms with Gasteiger partial charge in [0.05, 0.1) is 30.2 Å². The number of allylic oxidation sites excluding steroid dienone is 1. The number of methoxy groups -OCH3 is 1. The monoisotopic (exact) mass is 925 g/mol. The van der Waals surface area contributed by atoms with Gasteiger partial charge in [-0.2, -0.15) is 0 Å². The quantitative estimate of drug-likeness (QED) is 0.169. The number of amides is 4. The summed E-state index contributed by atoms with van der Waals surface area (Å²) < 4.78 is 66.6. The number of carbonyl (C=O) groups excluding carboxylic acids is 4. The minimum atomic E-state index is -4.05. The van der Waals surface area contributed by atoms with Crippen LogP contribution in [0, 0.1) is 23.6 Å². The molecular formula is C48H68FN5O10S. The number of hydrogen-bond acceptors (Lipinski definition) is 11.